The fourth-order valence-corrected chi connectivity index (χ4v) is 2.02. The third-order valence-corrected chi connectivity index (χ3v) is 3.20. The molecule has 0 aliphatic rings. The molecule has 0 spiro atoms. The van der Waals surface area contributed by atoms with Crippen molar-refractivity contribution >= 4 is 22.9 Å². The number of rotatable bonds is 4. The fourth-order valence-electron chi connectivity index (χ4n) is 2.02. The standard InChI is InChI=1S/C14H17N3O3/c1-8-9(2)17-12-4-3-10(7-11(8)12)13(18)16-5-6-20-14(15)19/h3-4,7,17H,5-6H2,1-2H3,(H2,15,19)(H,16,18). The normalized spacial score (nSPS) is 10.5. The molecule has 1 heterocycles. The Morgan fingerprint density at radius 3 is 2.80 bits per heavy atom. The van der Waals surface area contributed by atoms with Gasteiger partial charge in [0.05, 0.1) is 6.54 Å². The summed E-state index contributed by atoms with van der Waals surface area (Å²) < 4.78 is 4.54. The van der Waals surface area contributed by atoms with Crippen molar-refractivity contribution in [3.8, 4) is 0 Å². The molecule has 106 valence electrons. The summed E-state index contributed by atoms with van der Waals surface area (Å²) in [7, 11) is 0. The lowest BCUT2D eigenvalue weighted by atomic mass is 10.1. The number of H-pyrrole nitrogens is 1. The van der Waals surface area contributed by atoms with Crippen LogP contribution in [0.25, 0.3) is 10.9 Å². The Hall–Kier alpha value is -2.50. The van der Waals surface area contributed by atoms with Gasteiger partial charge in [-0.25, -0.2) is 4.79 Å². The van der Waals surface area contributed by atoms with Crippen LogP contribution in [-0.2, 0) is 4.74 Å². The zero-order chi connectivity index (χ0) is 14.7. The molecule has 0 saturated heterocycles. The molecule has 1 aromatic carbocycles. The van der Waals surface area contributed by atoms with E-state index in [1.165, 1.54) is 0 Å². The molecule has 1 aromatic heterocycles. The number of benzene rings is 1. The molecule has 2 amide bonds. The molecular formula is C14H17N3O3. The summed E-state index contributed by atoms with van der Waals surface area (Å²) in [6.45, 7) is 4.30. The molecule has 4 N–H and O–H groups in total. The molecule has 6 heteroatoms. The average molecular weight is 275 g/mol. The third-order valence-electron chi connectivity index (χ3n) is 3.20. The Labute approximate surface area is 116 Å². The van der Waals surface area contributed by atoms with E-state index in [1.807, 2.05) is 26.0 Å². The van der Waals surface area contributed by atoms with Crippen molar-refractivity contribution in [2.45, 2.75) is 13.8 Å². The van der Waals surface area contributed by atoms with Gasteiger partial charge >= 0.3 is 6.09 Å². The number of hydrogen-bond donors (Lipinski definition) is 3. The van der Waals surface area contributed by atoms with Crippen LogP contribution in [0.15, 0.2) is 18.2 Å². The predicted molar refractivity (Wildman–Crippen MR) is 75.6 cm³/mol. The molecule has 0 atom stereocenters. The SMILES string of the molecule is Cc1[nH]c2ccc(C(=O)NCCOC(N)=O)cc2c1C. The number of aryl methyl sites for hydroxylation is 2. The summed E-state index contributed by atoms with van der Waals surface area (Å²) in [6.07, 6.45) is -0.848. The molecule has 20 heavy (non-hydrogen) atoms. The molecule has 0 saturated carbocycles. The Morgan fingerprint density at radius 2 is 2.10 bits per heavy atom. The summed E-state index contributed by atoms with van der Waals surface area (Å²) in [5.41, 5.74) is 8.62. The molecule has 6 nitrogen and oxygen atoms in total. The van der Waals surface area contributed by atoms with Gasteiger partial charge in [-0.15, -0.1) is 0 Å². The van der Waals surface area contributed by atoms with Crippen LogP contribution in [0.3, 0.4) is 0 Å². The molecule has 0 aliphatic carbocycles. The second kappa shape index (κ2) is 5.64. The van der Waals surface area contributed by atoms with Crippen molar-refractivity contribution < 1.29 is 14.3 Å². The maximum atomic E-state index is 12.0. The summed E-state index contributed by atoms with van der Waals surface area (Å²) in [5.74, 6) is -0.210. The number of aromatic nitrogens is 1. The minimum absolute atomic E-state index is 0.0611. The molecule has 0 bridgehead atoms. The molecule has 0 aliphatic heterocycles. The number of nitrogens with two attached hydrogens (primary N) is 1. The van der Waals surface area contributed by atoms with Crippen molar-refractivity contribution in [1.29, 1.82) is 0 Å². The molecule has 2 rings (SSSR count). The van der Waals surface area contributed by atoms with E-state index < -0.39 is 6.09 Å². The number of aromatic amines is 1. The van der Waals surface area contributed by atoms with Gasteiger partial charge < -0.3 is 20.8 Å². The van der Waals surface area contributed by atoms with Gasteiger partial charge in [-0.3, -0.25) is 4.79 Å². The van der Waals surface area contributed by atoms with Gasteiger partial charge in [-0.2, -0.15) is 0 Å². The maximum absolute atomic E-state index is 12.0. The monoisotopic (exact) mass is 275 g/mol. The van der Waals surface area contributed by atoms with Crippen LogP contribution >= 0.6 is 0 Å². The highest BCUT2D eigenvalue weighted by molar-refractivity contribution is 5.99. The van der Waals surface area contributed by atoms with Gasteiger partial charge in [0, 0.05) is 22.2 Å². The lowest BCUT2D eigenvalue weighted by Gasteiger charge is -2.05. The first kappa shape index (κ1) is 13.9. The van der Waals surface area contributed by atoms with E-state index in [0.29, 0.717) is 5.56 Å². The van der Waals surface area contributed by atoms with Crippen LogP contribution in [0, 0.1) is 13.8 Å². The molecule has 0 fully saturated rings. The van der Waals surface area contributed by atoms with E-state index in [2.05, 4.69) is 15.0 Å². The largest absolute Gasteiger partial charge is 0.448 e. The number of hydrogen-bond acceptors (Lipinski definition) is 3. The maximum Gasteiger partial charge on any atom is 0.404 e. The number of ether oxygens (including phenoxy) is 1. The lowest BCUT2D eigenvalue weighted by molar-refractivity contribution is 0.0937. The molecular weight excluding hydrogens is 258 g/mol. The lowest BCUT2D eigenvalue weighted by Crippen LogP contribution is -2.28. The van der Waals surface area contributed by atoms with E-state index in [-0.39, 0.29) is 19.1 Å². The van der Waals surface area contributed by atoms with E-state index >= 15 is 0 Å². The zero-order valence-corrected chi connectivity index (χ0v) is 11.4. The smallest absolute Gasteiger partial charge is 0.404 e. The first-order chi connectivity index (χ1) is 9.49. The van der Waals surface area contributed by atoms with E-state index in [1.54, 1.807) is 6.07 Å². The van der Waals surface area contributed by atoms with Crippen LogP contribution in [0.2, 0.25) is 0 Å². The number of carbonyl (C=O) groups excluding carboxylic acids is 2. The predicted octanol–water partition coefficient (Wildman–Crippen LogP) is 1.61. The zero-order valence-electron chi connectivity index (χ0n) is 11.4. The minimum atomic E-state index is -0.848. The number of amides is 2. The Balaban J connectivity index is 2.06. The van der Waals surface area contributed by atoms with Gasteiger partial charge in [0.25, 0.3) is 5.91 Å². The number of carbonyl (C=O) groups is 2. The molecule has 2 aromatic rings. The Bertz CT molecular complexity index is 661. The van der Waals surface area contributed by atoms with Crippen LogP contribution in [-0.4, -0.2) is 30.1 Å². The first-order valence-electron chi connectivity index (χ1n) is 6.28. The van der Waals surface area contributed by atoms with Gasteiger partial charge in [-0.05, 0) is 37.6 Å². The van der Waals surface area contributed by atoms with E-state index in [0.717, 1.165) is 22.2 Å². The van der Waals surface area contributed by atoms with Gasteiger partial charge in [0.15, 0.2) is 0 Å². The highest BCUT2D eigenvalue weighted by Crippen LogP contribution is 2.22. The average Bonchev–Trinajstić information content (AvgIpc) is 2.69. The van der Waals surface area contributed by atoms with Crippen LogP contribution in [0.1, 0.15) is 21.6 Å². The van der Waals surface area contributed by atoms with Crippen molar-refractivity contribution in [2.75, 3.05) is 13.2 Å². The highest BCUT2D eigenvalue weighted by Gasteiger charge is 2.09. The molecule has 0 radical (unpaired) electrons. The van der Waals surface area contributed by atoms with Crippen molar-refractivity contribution in [2.24, 2.45) is 5.73 Å². The summed E-state index contributed by atoms with van der Waals surface area (Å²) in [5, 5.41) is 3.69. The van der Waals surface area contributed by atoms with Crippen LogP contribution in [0.4, 0.5) is 4.79 Å². The van der Waals surface area contributed by atoms with Crippen molar-refractivity contribution in [3.05, 3.63) is 35.0 Å². The summed E-state index contributed by atoms with van der Waals surface area (Å²) in [4.78, 5) is 25.6. The molecule has 0 unspecified atom stereocenters. The Kier molecular flexibility index (Phi) is 3.93. The second-order valence-corrected chi connectivity index (χ2v) is 4.56. The quantitative estimate of drug-likeness (QED) is 0.739. The second-order valence-electron chi connectivity index (χ2n) is 4.56. The van der Waals surface area contributed by atoms with Crippen molar-refractivity contribution in [1.82, 2.24) is 10.3 Å². The summed E-state index contributed by atoms with van der Waals surface area (Å²) >= 11 is 0. The van der Waals surface area contributed by atoms with Crippen molar-refractivity contribution in [3.63, 3.8) is 0 Å². The van der Waals surface area contributed by atoms with Gasteiger partial charge in [-0.1, -0.05) is 0 Å². The highest BCUT2D eigenvalue weighted by atomic mass is 16.5. The van der Waals surface area contributed by atoms with Crippen LogP contribution < -0.4 is 11.1 Å². The number of primary amides is 1. The van der Waals surface area contributed by atoms with E-state index in [9.17, 15) is 9.59 Å². The van der Waals surface area contributed by atoms with Gasteiger partial charge in [0.1, 0.15) is 6.61 Å². The Morgan fingerprint density at radius 1 is 1.35 bits per heavy atom. The minimum Gasteiger partial charge on any atom is -0.448 e. The topological polar surface area (TPSA) is 97.2 Å². The number of fused-ring (bicyclic) bond motifs is 1. The summed E-state index contributed by atoms with van der Waals surface area (Å²) in [6, 6.07) is 5.48. The first-order valence-corrected chi connectivity index (χ1v) is 6.28. The van der Waals surface area contributed by atoms with Crippen LogP contribution in [0.5, 0.6) is 0 Å². The fraction of sp³-hybridized carbons (Fsp3) is 0.286. The van der Waals surface area contributed by atoms with E-state index in [4.69, 9.17) is 5.73 Å². The van der Waals surface area contributed by atoms with Gasteiger partial charge in [0.2, 0.25) is 0 Å². The third kappa shape index (κ3) is 2.90. The number of nitrogens with one attached hydrogen (secondary N) is 2.